The first-order valence-electron chi connectivity index (χ1n) is 8.47. The number of rotatable bonds is 6. The summed E-state index contributed by atoms with van der Waals surface area (Å²) in [4.78, 5) is 12.0. The van der Waals surface area contributed by atoms with Gasteiger partial charge in [0.15, 0.2) is 0 Å². The number of ether oxygens (including phenoxy) is 1. The Bertz CT molecular complexity index is 935. The van der Waals surface area contributed by atoms with Crippen LogP contribution >= 0.6 is 11.6 Å². The van der Waals surface area contributed by atoms with Crippen LogP contribution < -0.4 is 10.2 Å². The molecule has 3 aromatic carbocycles. The summed E-state index contributed by atoms with van der Waals surface area (Å²) in [6, 6.07) is 22.3. The number of hydrogen-bond donors (Lipinski definition) is 1. The van der Waals surface area contributed by atoms with Crippen molar-refractivity contribution in [2.45, 2.75) is 13.5 Å². The highest BCUT2D eigenvalue weighted by Crippen LogP contribution is 2.15. The smallest absolute Gasteiger partial charge is 0.271 e. The summed E-state index contributed by atoms with van der Waals surface area (Å²) in [6.07, 6.45) is 1.58. The fourth-order valence-electron chi connectivity index (χ4n) is 2.37. The zero-order chi connectivity index (χ0) is 19.1. The Morgan fingerprint density at radius 1 is 1.07 bits per heavy atom. The number of carbonyl (C=O) groups is 1. The van der Waals surface area contributed by atoms with Gasteiger partial charge >= 0.3 is 0 Å². The molecular weight excluding hydrogens is 360 g/mol. The van der Waals surface area contributed by atoms with Gasteiger partial charge in [-0.2, -0.15) is 5.10 Å². The van der Waals surface area contributed by atoms with Gasteiger partial charge in [-0.05, 0) is 54.4 Å². The van der Waals surface area contributed by atoms with Crippen LogP contribution in [0.1, 0.15) is 27.0 Å². The van der Waals surface area contributed by atoms with Crippen molar-refractivity contribution in [1.29, 1.82) is 0 Å². The second-order valence-electron chi connectivity index (χ2n) is 6.05. The number of nitrogens with zero attached hydrogens (tertiary/aromatic N) is 1. The van der Waals surface area contributed by atoms with Gasteiger partial charge in [0.1, 0.15) is 12.4 Å². The molecule has 1 N–H and O–H groups in total. The van der Waals surface area contributed by atoms with E-state index in [1.807, 2.05) is 67.6 Å². The summed E-state index contributed by atoms with van der Waals surface area (Å²) in [7, 11) is 0. The van der Waals surface area contributed by atoms with Crippen LogP contribution in [0.5, 0.6) is 5.75 Å². The molecule has 0 aliphatic heterocycles. The molecular formula is C22H19ClN2O2. The summed E-state index contributed by atoms with van der Waals surface area (Å²) in [5.41, 5.74) is 6.05. The van der Waals surface area contributed by atoms with Crippen LogP contribution in [-0.2, 0) is 6.61 Å². The number of benzene rings is 3. The Balaban J connectivity index is 1.56. The maximum absolute atomic E-state index is 12.0. The van der Waals surface area contributed by atoms with Crippen molar-refractivity contribution in [3.63, 3.8) is 0 Å². The Labute approximate surface area is 163 Å². The minimum absolute atomic E-state index is 0.249. The topological polar surface area (TPSA) is 50.7 Å². The van der Waals surface area contributed by atoms with Gasteiger partial charge in [0.2, 0.25) is 0 Å². The first-order chi connectivity index (χ1) is 13.1. The maximum Gasteiger partial charge on any atom is 0.271 e. The van der Waals surface area contributed by atoms with Gasteiger partial charge in [-0.15, -0.1) is 0 Å². The number of carbonyl (C=O) groups excluding carboxylic acids is 1. The molecule has 0 heterocycles. The zero-order valence-corrected chi connectivity index (χ0v) is 15.6. The third kappa shape index (κ3) is 5.69. The molecule has 1 amide bonds. The van der Waals surface area contributed by atoms with Crippen LogP contribution in [0.25, 0.3) is 0 Å². The van der Waals surface area contributed by atoms with Gasteiger partial charge in [-0.3, -0.25) is 4.79 Å². The molecule has 136 valence electrons. The molecule has 0 fully saturated rings. The lowest BCUT2D eigenvalue weighted by molar-refractivity contribution is 0.0955. The molecule has 4 nitrogen and oxygen atoms in total. The maximum atomic E-state index is 12.0. The van der Waals surface area contributed by atoms with Crippen molar-refractivity contribution in [2.24, 2.45) is 5.10 Å². The molecule has 0 saturated heterocycles. The molecule has 0 atom stereocenters. The summed E-state index contributed by atoms with van der Waals surface area (Å²) in [5, 5.41) is 4.71. The minimum atomic E-state index is -0.249. The van der Waals surface area contributed by atoms with Gasteiger partial charge in [-0.25, -0.2) is 5.43 Å². The average Bonchev–Trinajstić information content (AvgIpc) is 2.68. The van der Waals surface area contributed by atoms with Gasteiger partial charge in [0.25, 0.3) is 5.91 Å². The largest absolute Gasteiger partial charge is 0.489 e. The van der Waals surface area contributed by atoms with Crippen LogP contribution in [0.2, 0.25) is 5.02 Å². The van der Waals surface area contributed by atoms with Crippen LogP contribution in [-0.4, -0.2) is 12.1 Å². The molecule has 0 spiro atoms. The predicted octanol–water partition coefficient (Wildman–Crippen LogP) is 4.99. The van der Waals surface area contributed by atoms with Crippen molar-refractivity contribution in [2.75, 3.05) is 0 Å². The molecule has 5 heteroatoms. The van der Waals surface area contributed by atoms with Crippen LogP contribution in [0.15, 0.2) is 77.9 Å². The van der Waals surface area contributed by atoms with Crippen LogP contribution in [0, 0.1) is 6.92 Å². The Morgan fingerprint density at radius 2 is 1.81 bits per heavy atom. The summed E-state index contributed by atoms with van der Waals surface area (Å²) in [6.45, 7) is 2.42. The number of amides is 1. The van der Waals surface area contributed by atoms with E-state index in [-0.39, 0.29) is 5.91 Å². The van der Waals surface area contributed by atoms with Crippen LogP contribution in [0.3, 0.4) is 0 Å². The van der Waals surface area contributed by atoms with E-state index < -0.39 is 0 Å². The number of halogens is 1. The lowest BCUT2D eigenvalue weighted by atomic mass is 10.1. The Hall–Kier alpha value is -3.11. The molecule has 27 heavy (non-hydrogen) atoms. The van der Waals surface area contributed by atoms with Gasteiger partial charge < -0.3 is 4.74 Å². The van der Waals surface area contributed by atoms with E-state index in [0.29, 0.717) is 17.2 Å². The molecule has 0 aromatic heterocycles. The predicted molar refractivity (Wildman–Crippen MR) is 108 cm³/mol. The number of hydrogen-bond acceptors (Lipinski definition) is 3. The van der Waals surface area contributed by atoms with Crippen molar-refractivity contribution in [3.8, 4) is 5.75 Å². The number of hydrazone groups is 1. The lowest BCUT2D eigenvalue weighted by Gasteiger charge is -2.07. The molecule has 0 unspecified atom stereocenters. The fourth-order valence-corrected chi connectivity index (χ4v) is 2.49. The van der Waals surface area contributed by atoms with E-state index in [9.17, 15) is 4.79 Å². The number of aryl methyl sites for hydroxylation is 1. The van der Waals surface area contributed by atoms with Gasteiger partial charge in [0.05, 0.1) is 6.21 Å². The first-order valence-corrected chi connectivity index (χ1v) is 8.85. The molecule has 0 radical (unpaired) electrons. The lowest BCUT2D eigenvalue weighted by Crippen LogP contribution is -2.17. The third-order valence-corrected chi connectivity index (χ3v) is 4.12. The molecule has 3 aromatic rings. The van der Waals surface area contributed by atoms with E-state index >= 15 is 0 Å². The van der Waals surface area contributed by atoms with Crippen molar-refractivity contribution >= 4 is 23.7 Å². The second kappa shape index (κ2) is 9.01. The normalized spacial score (nSPS) is 10.7. The van der Waals surface area contributed by atoms with E-state index in [0.717, 1.165) is 22.4 Å². The van der Waals surface area contributed by atoms with Gasteiger partial charge in [0, 0.05) is 10.6 Å². The molecule has 0 aliphatic carbocycles. The van der Waals surface area contributed by atoms with Crippen molar-refractivity contribution < 1.29 is 9.53 Å². The van der Waals surface area contributed by atoms with E-state index in [1.54, 1.807) is 18.3 Å². The van der Waals surface area contributed by atoms with Crippen LogP contribution in [0.4, 0.5) is 0 Å². The zero-order valence-electron chi connectivity index (χ0n) is 14.9. The van der Waals surface area contributed by atoms with E-state index in [1.165, 1.54) is 0 Å². The SMILES string of the molecule is Cc1ccc(C(=O)NN=Cc2cccc(OCc3ccc(Cl)cc3)c2)cc1. The van der Waals surface area contributed by atoms with Crippen molar-refractivity contribution in [1.82, 2.24) is 5.43 Å². The van der Waals surface area contributed by atoms with Gasteiger partial charge in [-0.1, -0.05) is 53.6 Å². The average molecular weight is 379 g/mol. The summed E-state index contributed by atoms with van der Waals surface area (Å²) < 4.78 is 5.79. The number of nitrogens with one attached hydrogen (secondary N) is 1. The van der Waals surface area contributed by atoms with Crippen molar-refractivity contribution in [3.05, 3.63) is 100 Å². The Kier molecular flexibility index (Phi) is 6.23. The second-order valence-corrected chi connectivity index (χ2v) is 6.49. The highest BCUT2D eigenvalue weighted by Gasteiger charge is 2.03. The highest BCUT2D eigenvalue weighted by molar-refractivity contribution is 6.30. The molecule has 0 saturated carbocycles. The molecule has 3 rings (SSSR count). The summed E-state index contributed by atoms with van der Waals surface area (Å²) in [5.74, 6) is 0.472. The standard InChI is InChI=1S/C22H19ClN2O2/c1-16-5-9-19(10-6-16)22(26)25-24-14-18-3-2-4-21(13-18)27-15-17-7-11-20(23)12-8-17/h2-14H,15H2,1H3,(H,25,26). The monoisotopic (exact) mass is 378 g/mol. The summed E-state index contributed by atoms with van der Waals surface area (Å²) >= 11 is 5.88. The molecule has 0 aliphatic rings. The first kappa shape index (κ1) is 18.7. The Morgan fingerprint density at radius 3 is 2.56 bits per heavy atom. The van der Waals surface area contributed by atoms with E-state index in [2.05, 4.69) is 10.5 Å². The quantitative estimate of drug-likeness (QED) is 0.485. The minimum Gasteiger partial charge on any atom is -0.489 e. The van der Waals surface area contributed by atoms with E-state index in [4.69, 9.17) is 16.3 Å². The third-order valence-electron chi connectivity index (χ3n) is 3.87. The molecule has 0 bridgehead atoms. The fraction of sp³-hybridized carbons (Fsp3) is 0.0909. The highest BCUT2D eigenvalue weighted by atomic mass is 35.5.